The van der Waals surface area contributed by atoms with Crippen molar-refractivity contribution in [2.45, 2.75) is 24.8 Å². The first-order valence-corrected chi connectivity index (χ1v) is 12.9. The van der Waals surface area contributed by atoms with E-state index in [4.69, 9.17) is 0 Å². The van der Waals surface area contributed by atoms with E-state index in [1.807, 2.05) is 0 Å². The quantitative estimate of drug-likeness (QED) is 0.175. The van der Waals surface area contributed by atoms with Crippen LogP contribution in [-0.4, -0.2) is 45.3 Å². The molecule has 0 bridgehead atoms. The van der Waals surface area contributed by atoms with Gasteiger partial charge in [0.2, 0.25) is 0 Å². The number of rotatable bonds is 6. The highest BCUT2D eigenvalue weighted by Crippen LogP contribution is 2.39. The van der Waals surface area contributed by atoms with Gasteiger partial charge < -0.3 is 9.17 Å². The highest BCUT2D eigenvalue weighted by atomic mass is 32.2. The standard InChI is InChI=1S/C24H14F8N6O3S/c25-17-3-1-2-15(21(17)26)22-34-19-9-33-38(11-20(19)35-22)10-12-4-7-18(37-36-12)14-6-5-13(8-16(14)23(27,28)29)41-42(39,40)24(30,31)32/h1-9H,10-11H2,(H,34,35). The van der Waals surface area contributed by atoms with Gasteiger partial charge in [0.1, 0.15) is 11.6 Å². The molecule has 1 aliphatic rings. The Labute approximate surface area is 230 Å². The number of nitrogens with one attached hydrogen (secondary N) is 1. The molecule has 0 aliphatic carbocycles. The van der Waals surface area contributed by atoms with Gasteiger partial charge in [0.25, 0.3) is 0 Å². The van der Waals surface area contributed by atoms with Crippen LogP contribution in [0.2, 0.25) is 0 Å². The molecular formula is C24H14F8N6O3S. The van der Waals surface area contributed by atoms with Gasteiger partial charge in [0, 0.05) is 5.56 Å². The molecule has 2 aromatic heterocycles. The van der Waals surface area contributed by atoms with Crippen LogP contribution in [0.25, 0.3) is 22.6 Å². The summed E-state index contributed by atoms with van der Waals surface area (Å²) in [6.45, 7) is 0.136. The zero-order valence-electron chi connectivity index (χ0n) is 20.5. The molecule has 0 saturated carbocycles. The fraction of sp³-hybridized carbons (Fsp3) is 0.167. The molecule has 5 rings (SSSR count). The lowest BCUT2D eigenvalue weighted by Gasteiger charge is -2.20. The van der Waals surface area contributed by atoms with Gasteiger partial charge in [-0.3, -0.25) is 5.01 Å². The molecule has 2 aromatic carbocycles. The number of imidazole rings is 1. The van der Waals surface area contributed by atoms with Crippen molar-refractivity contribution in [2.75, 3.05) is 0 Å². The minimum atomic E-state index is -6.20. The van der Waals surface area contributed by atoms with E-state index in [-0.39, 0.29) is 41.9 Å². The van der Waals surface area contributed by atoms with Crippen molar-refractivity contribution < 1.29 is 47.7 Å². The molecule has 3 heterocycles. The van der Waals surface area contributed by atoms with Gasteiger partial charge in [-0.25, -0.2) is 13.8 Å². The third-order valence-electron chi connectivity index (χ3n) is 5.83. The average Bonchev–Trinajstić information content (AvgIpc) is 3.32. The smallest absolute Gasteiger partial charge is 0.376 e. The molecule has 1 N–H and O–H groups in total. The van der Waals surface area contributed by atoms with E-state index in [0.29, 0.717) is 23.5 Å². The number of fused-ring (bicyclic) bond motifs is 1. The van der Waals surface area contributed by atoms with Gasteiger partial charge in [-0.15, -0.1) is 0 Å². The Hall–Kier alpha value is -4.61. The van der Waals surface area contributed by atoms with E-state index in [1.54, 1.807) is 0 Å². The predicted molar refractivity (Wildman–Crippen MR) is 129 cm³/mol. The maximum absolute atomic E-state index is 14.2. The number of aromatic amines is 1. The van der Waals surface area contributed by atoms with Crippen LogP contribution in [0.5, 0.6) is 5.75 Å². The molecule has 4 aromatic rings. The number of hydrogen-bond donors (Lipinski definition) is 1. The van der Waals surface area contributed by atoms with Crippen LogP contribution >= 0.6 is 0 Å². The summed E-state index contributed by atoms with van der Waals surface area (Å²) >= 11 is 0. The SMILES string of the molecule is O=S(=O)(Oc1ccc(-c2ccc(CN3Cc4nc(-c5cccc(F)c5F)[nH]c4C=N3)nn2)c(C(F)(F)F)c1)C(F)(F)F. The van der Waals surface area contributed by atoms with E-state index in [0.717, 1.165) is 6.07 Å². The normalized spacial score (nSPS) is 13.8. The minimum Gasteiger partial charge on any atom is -0.376 e. The van der Waals surface area contributed by atoms with Gasteiger partial charge in [-0.05, 0) is 42.5 Å². The van der Waals surface area contributed by atoms with Crippen molar-refractivity contribution >= 4 is 16.3 Å². The van der Waals surface area contributed by atoms with Crippen LogP contribution in [0.4, 0.5) is 35.1 Å². The number of nitrogens with zero attached hydrogens (tertiary/aromatic N) is 5. The van der Waals surface area contributed by atoms with E-state index in [9.17, 15) is 43.5 Å². The second-order valence-electron chi connectivity index (χ2n) is 8.71. The zero-order chi connectivity index (χ0) is 30.4. The first-order valence-electron chi connectivity index (χ1n) is 11.5. The molecule has 0 spiro atoms. The van der Waals surface area contributed by atoms with E-state index >= 15 is 0 Å². The number of aromatic nitrogens is 4. The predicted octanol–water partition coefficient (Wildman–Crippen LogP) is 5.41. The third kappa shape index (κ3) is 5.74. The zero-order valence-corrected chi connectivity index (χ0v) is 21.3. The summed E-state index contributed by atoms with van der Waals surface area (Å²) in [5.41, 5.74) is -7.15. The number of alkyl halides is 6. The minimum absolute atomic E-state index is 0.0218. The van der Waals surface area contributed by atoms with Crippen molar-refractivity contribution in [1.82, 2.24) is 25.2 Å². The van der Waals surface area contributed by atoms with Crippen LogP contribution in [-0.2, 0) is 29.4 Å². The highest BCUT2D eigenvalue weighted by molar-refractivity contribution is 7.88. The lowest BCUT2D eigenvalue weighted by atomic mass is 10.0. The van der Waals surface area contributed by atoms with Crippen LogP contribution in [0.1, 0.15) is 22.6 Å². The lowest BCUT2D eigenvalue weighted by Crippen LogP contribution is -2.28. The summed E-state index contributed by atoms with van der Waals surface area (Å²) in [6.07, 6.45) is -3.72. The van der Waals surface area contributed by atoms with Crippen molar-refractivity contribution in [3.63, 3.8) is 0 Å². The van der Waals surface area contributed by atoms with Crippen LogP contribution in [0, 0.1) is 11.6 Å². The summed E-state index contributed by atoms with van der Waals surface area (Å²) in [5.74, 6) is -3.23. The number of hydrogen-bond acceptors (Lipinski definition) is 8. The number of hydrazone groups is 1. The van der Waals surface area contributed by atoms with Gasteiger partial charge in [0.15, 0.2) is 11.6 Å². The highest BCUT2D eigenvalue weighted by Gasteiger charge is 2.49. The van der Waals surface area contributed by atoms with E-state index < -0.39 is 50.3 Å². The molecule has 0 atom stereocenters. The van der Waals surface area contributed by atoms with Crippen molar-refractivity contribution in [1.29, 1.82) is 0 Å². The molecule has 0 radical (unpaired) electrons. The molecule has 220 valence electrons. The molecule has 9 nitrogen and oxygen atoms in total. The largest absolute Gasteiger partial charge is 0.534 e. The van der Waals surface area contributed by atoms with Crippen molar-refractivity contribution in [2.24, 2.45) is 5.10 Å². The Morgan fingerprint density at radius 1 is 0.952 bits per heavy atom. The average molecular weight is 618 g/mol. The summed E-state index contributed by atoms with van der Waals surface area (Å²) < 4.78 is 133. The lowest BCUT2D eigenvalue weighted by molar-refractivity contribution is -0.137. The van der Waals surface area contributed by atoms with Gasteiger partial charge in [0.05, 0.1) is 53.2 Å². The first-order chi connectivity index (χ1) is 19.6. The Balaban J connectivity index is 1.33. The van der Waals surface area contributed by atoms with Crippen molar-refractivity contribution in [3.05, 3.63) is 82.8 Å². The second kappa shape index (κ2) is 10.3. The van der Waals surface area contributed by atoms with Crippen LogP contribution in [0.15, 0.2) is 53.6 Å². The fourth-order valence-electron chi connectivity index (χ4n) is 3.90. The monoisotopic (exact) mass is 618 g/mol. The molecule has 1 aliphatic heterocycles. The molecule has 0 amide bonds. The number of halogens is 8. The van der Waals surface area contributed by atoms with Crippen molar-refractivity contribution in [3.8, 4) is 28.4 Å². The molecular weight excluding hydrogens is 604 g/mol. The Morgan fingerprint density at radius 3 is 2.38 bits per heavy atom. The topological polar surface area (TPSA) is 113 Å². The molecule has 0 saturated heterocycles. The molecule has 0 fully saturated rings. The Bertz CT molecular complexity index is 1790. The third-order valence-corrected chi connectivity index (χ3v) is 6.80. The van der Waals surface area contributed by atoms with E-state index in [1.165, 1.54) is 35.5 Å². The van der Waals surface area contributed by atoms with Gasteiger partial charge in [-0.2, -0.15) is 50.1 Å². The summed E-state index contributed by atoms with van der Waals surface area (Å²) in [7, 11) is -6.20. The van der Waals surface area contributed by atoms with Gasteiger partial charge in [-0.1, -0.05) is 6.07 Å². The molecule has 0 unspecified atom stereocenters. The summed E-state index contributed by atoms with van der Waals surface area (Å²) in [4.78, 5) is 7.15. The fourth-order valence-corrected chi connectivity index (χ4v) is 4.35. The molecule has 18 heteroatoms. The maximum Gasteiger partial charge on any atom is 0.534 e. The van der Waals surface area contributed by atoms with Crippen LogP contribution < -0.4 is 4.18 Å². The Morgan fingerprint density at radius 2 is 1.71 bits per heavy atom. The first kappa shape index (κ1) is 28.9. The summed E-state index contributed by atoms with van der Waals surface area (Å²) in [6, 6.07) is 7.61. The summed E-state index contributed by atoms with van der Waals surface area (Å²) in [5, 5.41) is 13.3. The molecule has 42 heavy (non-hydrogen) atoms. The Kier molecular flexibility index (Phi) is 7.12. The maximum atomic E-state index is 14.2. The number of H-pyrrole nitrogens is 1. The van der Waals surface area contributed by atoms with Gasteiger partial charge >= 0.3 is 21.8 Å². The second-order valence-corrected chi connectivity index (χ2v) is 10.3. The number of benzene rings is 2. The van der Waals surface area contributed by atoms with Crippen LogP contribution in [0.3, 0.4) is 0 Å². The van der Waals surface area contributed by atoms with E-state index in [2.05, 4.69) is 29.4 Å².